The van der Waals surface area contributed by atoms with Gasteiger partial charge >= 0.3 is 0 Å². The summed E-state index contributed by atoms with van der Waals surface area (Å²) in [6.45, 7) is 5.35. The molecule has 0 aromatic carbocycles. The first-order valence-corrected chi connectivity index (χ1v) is 3.88. The number of hydrogen-bond acceptors (Lipinski definition) is 3. The van der Waals surface area contributed by atoms with Crippen molar-refractivity contribution in [1.82, 2.24) is 4.68 Å². The Bertz CT molecular complexity index is 451. The number of nitrogens with two attached hydrogens (primary N) is 1. The molecule has 0 aliphatic heterocycles. The van der Waals surface area contributed by atoms with Crippen LogP contribution in [-0.2, 0) is 0 Å². The van der Waals surface area contributed by atoms with Gasteiger partial charge in [0.05, 0.1) is 0 Å². The fraction of sp³-hybridized carbons (Fsp3) is 0.333. The van der Waals surface area contributed by atoms with Crippen molar-refractivity contribution >= 4 is 0 Å². The molecule has 2 N–H and O–H groups in total. The number of hydrogen-bond donors (Lipinski definition) is 1. The Morgan fingerprint density at radius 3 is 2.31 bits per heavy atom. The van der Waals surface area contributed by atoms with Crippen molar-refractivity contribution in [2.45, 2.75) is 20.8 Å². The van der Waals surface area contributed by atoms with E-state index < -0.39 is 5.56 Å². The highest BCUT2D eigenvalue weighted by Crippen LogP contribution is 2.11. The van der Waals surface area contributed by atoms with Gasteiger partial charge in [0.2, 0.25) is 0 Å². The van der Waals surface area contributed by atoms with Crippen LogP contribution in [0.25, 0.3) is 0 Å². The van der Waals surface area contributed by atoms with E-state index in [2.05, 4.69) is 0 Å². The van der Waals surface area contributed by atoms with Crippen LogP contribution in [-0.4, -0.2) is 4.68 Å². The molecule has 0 spiro atoms. The molecule has 1 aromatic heterocycles. The van der Waals surface area contributed by atoms with Crippen LogP contribution in [0.2, 0.25) is 0 Å². The van der Waals surface area contributed by atoms with Gasteiger partial charge in [0.25, 0.3) is 5.56 Å². The second-order valence-corrected chi connectivity index (χ2v) is 3.00. The summed E-state index contributed by atoms with van der Waals surface area (Å²) in [6, 6.07) is 1.86. The van der Waals surface area contributed by atoms with Crippen molar-refractivity contribution < 1.29 is 0 Å². The zero-order valence-electron chi connectivity index (χ0n) is 7.88. The van der Waals surface area contributed by atoms with Gasteiger partial charge in [-0.1, -0.05) is 0 Å². The minimum absolute atomic E-state index is 0.130. The van der Waals surface area contributed by atoms with E-state index in [-0.39, 0.29) is 5.56 Å². The predicted octanol–water partition coefficient (Wildman–Crippen LogP) is 0.359. The number of nitrogen functional groups attached to an aromatic ring is 1. The summed E-state index contributed by atoms with van der Waals surface area (Å²) < 4.78 is 1.01. The summed E-state index contributed by atoms with van der Waals surface area (Å²) in [5, 5.41) is 8.72. The molecule has 1 aromatic rings. The van der Waals surface area contributed by atoms with E-state index in [1.165, 1.54) is 0 Å². The smallest absolute Gasteiger partial charge is 0.287 e. The van der Waals surface area contributed by atoms with Crippen LogP contribution in [0, 0.1) is 32.1 Å². The summed E-state index contributed by atoms with van der Waals surface area (Å²) in [5.41, 5.74) is 2.00. The van der Waals surface area contributed by atoms with Crippen molar-refractivity contribution in [3.05, 3.63) is 32.7 Å². The van der Waals surface area contributed by atoms with Crippen molar-refractivity contribution in [2.24, 2.45) is 0 Å². The maximum atomic E-state index is 11.4. The van der Waals surface area contributed by atoms with Crippen molar-refractivity contribution in [3.63, 3.8) is 0 Å². The van der Waals surface area contributed by atoms with Gasteiger partial charge in [-0.3, -0.25) is 4.79 Å². The number of aromatic nitrogens is 1. The molecule has 0 saturated heterocycles. The average molecular weight is 177 g/mol. The predicted molar refractivity (Wildman–Crippen MR) is 49.8 cm³/mol. The van der Waals surface area contributed by atoms with Crippen molar-refractivity contribution in [1.29, 1.82) is 5.26 Å². The Morgan fingerprint density at radius 1 is 1.31 bits per heavy atom. The van der Waals surface area contributed by atoms with E-state index in [0.29, 0.717) is 11.3 Å². The lowest BCUT2D eigenvalue weighted by molar-refractivity contribution is 0.859. The first kappa shape index (κ1) is 9.33. The highest BCUT2D eigenvalue weighted by atomic mass is 16.1. The van der Waals surface area contributed by atoms with Crippen LogP contribution < -0.4 is 11.4 Å². The van der Waals surface area contributed by atoms with Crippen LogP contribution in [0.15, 0.2) is 4.79 Å². The Morgan fingerprint density at radius 2 is 1.85 bits per heavy atom. The Balaban J connectivity index is 3.80. The van der Waals surface area contributed by atoms with Crippen LogP contribution >= 0.6 is 0 Å². The molecule has 4 heteroatoms. The van der Waals surface area contributed by atoms with Gasteiger partial charge in [-0.2, -0.15) is 5.26 Å². The highest BCUT2D eigenvalue weighted by Gasteiger charge is 2.11. The van der Waals surface area contributed by atoms with E-state index in [9.17, 15) is 4.79 Å². The van der Waals surface area contributed by atoms with Crippen molar-refractivity contribution in [3.8, 4) is 6.07 Å². The molecule has 0 saturated carbocycles. The van der Waals surface area contributed by atoms with Crippen LogP contribution in [0.3, 0.4) is 0 Å². The lowest BCUT2D eigenvalue weighted by Gasteiger charge is -2.10. The molecule has 1 heterocycles. The first-order valence-electron chi connectivity index (χ1n) is 3.88. The molecule has 13 heavy (non-hydrogen) atoms. The summed E-state index contributed by atoms with van der Waals surface area (Å²) in [5.74, 6) is 5.48. The summed E-state index contributed by atoms with van der Waals surface area (Å²) in [6.07, 6.45) is 0. The largest absolute Gasteiger partial charge is 0.336 e. The quantitative estimate of drug-likeness (QED) is 0.581. The molecular weight excluding hydrogens is 166 g/mol. The average Bonchev–Trinajstić information content (AvgIpc) is 2.13. The zero-order chi connectivity index (χ0) is 10.2. The maximum Gasteiger partial charge on any atom is 0.287 e. The number of pyridine rings is 1. The van der Waals surface area contributed by atoms with Gasteiger partial charge in [-0.05, 0) is 31.9 Å². The van der Waals surface area contributed by atoms with E-state index in [4.69, 9.17) is 11.1 Å². The summed E-state index contributed by atoms with van der Waals surface area (Å²) in [7, 11) is 0. The Hall–Kier alpha value is -1.76. The van der Waals surface area contributed by atoms with Gasteiger partial charge in [0.1, 0.15) is 11.6 Å². The molecular formula is C9H11N3O. The fourth-order valence-corrected chi connectivity index (χ4v) is 1.20. The molecule has 0 unspecified atom stereocenters. The molecule has 0 fully saturated rings. The maximum absolute atomic E-state index is 11.4. The molecule has 0 bridgehead atoms. The second kappa shape index (κ2) is 2.94. The molecule has 0 atom stereocenters. The minimum Gasteiger partial charge on any atom is -0.336 e. The molecule has 0 amide bonds. The van der Waals surface area contributed by atoms with Crippen molar-refractivity contribution in [2.75, 3.05) is 5.84 Å². The third kappa shape index (κ3) is 1.18. The number of nitrogens with zero attached hydrogens (tertiary/aromatic N) is 2. The van der Waals surface area contributed by atoms with Crippen LogP contribution in [0.4, 0.5) is 0 Å². The van der Waals surface area contributed by atoms with Gasteiger partial charge < -0.3 is 5.84 Å². The van der Waals surface area contributed by atoms with Crippen LogP contribution in [0.5, 0.6) is 0 Å². The monoisotopic (exact) mass is 177 g/mol. The molecule has 0 aliphatic carbocycles. The van der Waals surface area contributed by atoms with Gasteiger partial charge in [0.15, 0.2) is 0 Å². The van der Waals surface area contributed by atoms with E-state index >= 15 is 0 Å². The first-order chi connectivity index (χ1) is 6.00. The minimum atomic E-state index is -0.428. The van der Waals surface area contributed by atoms with Gasteiger partial charge in [0, 0.05) is 5.69 Å². The second-order valence-electron chi connectivity index (χ2n) is 3.00. The number of rotatable bonds is 0. The van der Waals surface area contributed by atoms with Gasteiger partial charge in [-0.25, -0.2) is 4.68 Å². The lowest BCUT2D eigenvalue weighted by Crippen LogP contribution is -2.32. The summed E-state index contributed by atoms with van der Waals surface area (Å²) >= 11 is 0. The highest BCUT2D eigenvalue weighted by molar-refractivity contribution is 5.41. The Kier molecular flexibility index (Phi) is 2.11. The SMILES string of the molecule is Cc1c(C)c(C)n(N)c(=O)c1C#N. The molecule has 0 radical (unpaired) electrons. The van der Waals surface area contributed by atoms with E-state index in [1.54, 1.807) is 13.8 Å². The van der Waals surface area contributed by atoms with E-state index in [1.807, 2.05) is 13.0 Å². The normalized spacial score (nSPS) is 9.69. The third-order valence-corrected chi connectivity index (χ3v) is 2.39. The topological polar surface area (TPSA) is 71.8 Å². The van der Waals surface area contributed by atoms with Gasteiger partial charge in [-0.15, -0.1) is 0 Å². The fourth-order valence-electron chi connectivity index (χ4n) is 1.20. The van der Waals surface area contributed by atoms with E-state index in [0.717, 1.165) is 10.2 Å². The lowest BCUT2D eigenvalue weighted by atomic mass is 10.0. The molecule has 68 valence electrons. The number of nitriles is 1. The molecule has 4 nitrogen and oxygen atoms in total. The summed E-state index contributed by atoms with van der Waals surface area (Å²) in [4.78, 5) is 11.4. The molecule has 1 rings (SSSR count). The molecule has 0 aliphatic rings. The third-order valence-electron chi connectivity index (χ3n) is 2.39. The van der Waals surface area contributed by atoms with Crippen LogP contribution in [0.1, 0.15) is 22.4 Å². The zero-order valence-corrected chi connectivity index (χ0v) is 7.88. The Labute approximate surface area is 76.2 Å². The standard InChI is InChI=1S/C9H11N3O/c1-5-6(2)8(4-10)9(13)12(11)7(5)3/h11H2,1-3H3.